The van der Waals surface area contributed by atoms with Gasteiger partial charge in [0.2, 0.25) is 0 Å². The highest BCUT2D eigenvalue weighted by Gasteiger charge is 2.04. The molecule has 0 fully saturated rings. The van der Waals surface area contributed by atoms with E-state index in [0.717, 1.165) is 12.8 Å². The molecule has 0 aliphatic heterocycles. The van der Waals surface area contributed by atoms with Crippen LogP contribution in [0.25, 0.3) is 0 Å². The third-order valence-electron chi connectivity index (χ3n) is 8.18. The molecule has 0 unspecified atom stereocenters. The summed E-state index contributed by atoms with van der Waals surface area (Å²) in [6.45, 7) is 10.9. The number of unbranched alkanes of at least 4 members (excludes halogenated alkanes) is 19. The Bertz CT molecular complexity index is 536. The fourth-order valence-electron chi connectivity index (χ4n) is 5.36. The Labute approximate surface area is 260 Å². The molecule has 0 rings (SSSR count). The van der Waals surface area contributed by atoms with Gasteiger partial charge in [-0.1, -0.05) is 153 Å². The van der Waals surface area contributed by atoms with Crippen molar-refractivity contribution in [3.8, 4) is 0 Å². The van der Waals surface area contributed by atoms with Crippen LogP contribution in [-0.4, -0.2) is 24.5 Å². The van der Waals surface area contributed by atoms with Crippen LogP contribution in [0.4, 0.5) is 0 Å². The van der Waals surface area contributed by atoms with Crippen molar-refractivity contribution < 1.29 is 0 Å². The van der Waals surface area contributed by atoms with E-state index in [0.29, 0.717) is 0 Å². The first-order valence-corrected chi connectivity index (χ1v) is 18.7. The van der Waals surface area contributed by atoms with E-state index < -0.39 is 0 Å². The molecule has 0 aromatic carbocycles. The highest BCUT2D eigenvalue weighted by Crippen LogP contribution is 2.12. The molecule has 41 heavy (non-hydrogen) atoms. The zero-order chi connectivity index (χ0) is 29.7. The molecular weight excluding hydrogens is 494 g/mol. The zero-order valence-corrected chi connectivity index (χ0v) is 28.6. The molecule has 0 N–H and O–H groups in total. The molecule has 0 aromatic rings. The molecule has 0 heterocycles. The van der Waals surface area contributed by atoms with Crippen LogP contribution in [-0.2, 0) is 0 Å². The van der Waals surface area contributed by atoms with Crippen molar-refractivity contribution in [1.82, 2.24) is 4.90 Å². The molecular formula is C40H75N. The van der Waals surface area contributed by atoms with Gasteiger partial charge in [-0.3, -0.25) is 0 Å². The second kappa shape index (κ2) is 36.9. The van der Waals surface area contributed by atoms with Gasteiger partial charge in [-0.05, 0) is 103 Å². The second-order valence-electron chi connectivity index (χ2n) is 12.4. The summed E-state index contributed by atoms with van der Waals surface area (Å²) in [4.78, 5) is 2.77. The van der Waals surface area contributed by atoms with Crippen molar-refractivity contribution >= 4 is 0 Å². The molecule has 0 aliphatic carbocycles. The molecule has 0 radical (unpaired) electrons. The fraction of sp³-hybridized carbons (Fsp3) is 0.800. The number of rotatable bonds is 33. The molecule has 0 atom stereocenters. The van der Waals surface area contributed by atoms with Gasteiger partial charge in [0.1, 0.15) is 0 Å². The summed E-state index contributed by atoms with van der Waals surface area (Å²) < 4.78 is 0. The predicted molar refractivity (Wildman–Crippen MR) is 190 cm³/mol. The smallest absolute Gasteiger partial charge is 0.00187 e. The Balaban J connectivity index is 3.60. The minimum absolute atomic E-state index is 1.12. The summed E-state index contributed by atoms with van der Waals surface area (Å²) in [7, 11) is 0. The summed E-state index contributed by atoms with van der Waals surface area (Å²) in [5.41, 5.74) is 0. The first-order chi connectivity index (χ1) is 20.3. The number of nitrogens with zero attached hydrogens (tertiary/aromatic N) is 1. The summed E-state index contributed by atoms with van der Waals surface area (Å²) >= 11 is 0. The lowest BCUT2D eigenvalue weighted by Gasteiger charge is -2.22. The van der Waals surface area contributed by atoms with Gasteiger partial charge in [0, 0.05) is 0 Å². The molecule has 1 nitrogen and oxygen atoms in total. The van der Waals surface area contributed by atoms with Gasteiger partial charge in [0.15, 0.2) is 0 Å². The van der Waals surface area contributed by atoms with Gasteiger partial charge in [-0.25, -0.2) is 0 Å². The van der Waals surface area contributed by atoms with Gasteiger partial charge in [0.25, 0.3) is 0 Å². The van der Waals surface area contributed by atoms with Crippen molar-refractivity contribution in [1.29, 1.82) is 0 Å². The van der Waals surface area contributed by atoms with Crippen LogP contribution in [0.2, 0.25) is 0 Å². The minimum atomic E-state index is 1.12. The highest BCUT2D eigenvalue weighted by molar-refractivity contribution is 4.93. The van der Waals surface area contributed by atoms with Gasteiger partial charge < -0.3 is 4.90 Å². The third-order valence-corrected chi connectivity index (χ3v) is 8.18. The Morgan fingerprint density at radius 3 is 0.951 bits per heavy atom. The van der Waals surface area contributed by atoms with E-state index in [4.69, 9.17) is 0 Å². The summed E-state index contributed by atoms with van der Waals surface area (Å²) in [5, 5.41) is 0. The van der Waals surface area contributed by atoms with Crippen LogP contribution in [0.5, 0.6) is 0 Å². The normalized spacial score (nSPS) is 12.5. The topological polar surface area (TPSA) is 3.24 Å². The van der Waals surface area contributed by atoms with Crippen molar-refractivity contribution in [2.24, 2.45) is 0 Å². The molecule has 0 spiro atoms. The fourth-order valence-corrected chi connectivity index (χ4v) is 5.36. The molecule has 0 amide bonds. The van der Waals surface area contributed by atoms with Crippen LogP contribution in [0, 0.1) is 0 Å². The molecule has 0 saturated carbocycles. The maximum absolute atomic E-state index is 2.77. The lowest BCUT2D eigenvalue weighted by atomic mass is 10.1. The van der Waals surface area contributed by atoms with E-state index >= 15 is 0 Å². The van der Waals surface area contributed by atoms with E-state index in [1.165, 1.54) is 174 Å². The lowest BCUT2D eigenvalue weighted by Crippen LogP contribution is -2.27. The lowest BCUT2D eigenvalue weighted by molar-refractivity contribution is 0.256. The predicted octanol–water partition coefficient (Wildman–Crippen LogP) is 13.7. The molecule has 0 aromatic heterocycles. The molecule has 240 valence electrons. The standard InChI is InChI=1S/C40H75N/c1-4-7-10-12-14-16-18-20-22-24-26-28-30-32-34-36-39-41(38-9-6-3)40-37-35-33-31-29-27-25-23-21-19-17-15-13-11-8-5-2/h14-17,20-23H,4-13,18-19,24-40H2,1-3H3/b16-14-,17-15-,22-20-,23-21-. The van der Waals surface area contributed by atoms with Crippen LogP contribution in [0.1, 0.15) is 188 Å². The Morgan fingerprint density at radius 2 is 0.585 bits per heavy atom. The molecule has 0 saturated heterocycles. The van der Waals surface area contributed by atoms with Gasteiger partial charge >= 0.3 is 0 Å². The average molecular weight is 570 g/mol. The monoisotopic (exact) mass is 570 g/mol. The SMILES string of the molecule is CCCCC/C=C\C/C=C\CCCCCCCCN(CCCC)CCCCCCCC/C=C\C/C=C\CCCCC. The summed E-state index contributed by atoms with van der Waals surface area (Å²) in [6.07, 6.45) is 53.9. The van der Waals surface area contributed by atoms with Gasteiger partial charge in [-0.15, -0.1) is 0 Å². The second-order valence-corrected chi connectivity index (χ2v) is 12.4. The van der Waals surface area contributed by atoms with E-state index in [1.54, 1.807) is 0 Å². The van der Waals surface area contributed by atoms with Gasteiger partial charge in [0.05, 0.1) is 0 Å². The number of hydrogen-bond donors (Lipinski definition) is 0. The summed E-state index contributed by atoms with van der Waals surface area (Å²) in [5.74, 6) is 0. The van der Waals surface area contributed by atoms with Crippen molar-refractivity contribution in [2.75, 3.05) is 19.6 Å². The quantitative estimate of drug-likeness (QED) is 0.0561. The third kappa shape index (κ3) is 35.0. The van der Waals surface area contributed by atoms with E-state index in [-0.39, 0.29) is 0 Å². The van der Waals surface area contributed by atoms with Crippen molar-refractivity contribution in [3.63, 3.8) is 0 Å². The first-order valence-electron chi connectivity index (χ1n) is 18.7. The van der Waals surface area contributed by atoms with E-state index in [2.05, 4.69) is 74.3 Å². The van der Waals surface area contributed by atoms with Crippen molar-refractivity contribution in [3.05, 3.63) is 48.6 Å². The molecule has 0 aliphatic rings. The zero-order valence-electron chi connectivity index (χ0n) is 28.6. The van der Waals surface area contributed by atoms with Gasteiger partial charge in [-0.2, -0.15) is 0 Å². The van der Waals surface area contributed by atoms with Crippen LogP contribution in [0.15, 0.2) is 48.6 Å². The van der Waals surface area contributed by atoms with E-state index in [9.17, 15) is 0 Å². The molecule has 0 bridgehead atoms. The summed E-state index contributed by atoms with van der Waals surface area (Å²) in [6, 6.07) is 0. The minimum Gasteiger partial charge on any atom is -0.303 e. The Morgan fingerprint density at radius 1 is 0.293 bits per heavy atom. The maximum Gasteiger partial charge on any atom is -0.00187 e. The Kier molecular flexibility index (Phi) is 36.0. The Hall–Kier alpha value is -1.08. The average Bonchev–Trinajstić information content (AvgIpc) is 2.98. The van der Waals surface area contributed by atoms with Crippen LogP contribution in [0.3, 0.4) is 0 Å². The van der Waals surface area contributed by atoms with Crippen molar-refractivity contribution in [2.45, 2.75) is 188 Å². The first kappa shape index (κ1) is 39.9. The maximum atomic E-state index is 2.77. The highest BCUT2D eigenvalue weighted by atomic mass is 15.1. The largest absolute Gasteiger partial charge is 0.303 e. The van der Waals surface area contributed by atoms with Crippen LogP contribution >= 0.6 is 0 Å². The molecule has 1 heteroatoms. The number of allylic oxidation sites excluding steroid dienone is 8. The number of hydrogen-bond acceptors (Lipinski definition) is 1. The van der Waals surface area contributed by atoms with E-state index in [1.807, 2.05) is 0 Å². The van der Waals surface area contributed by atoms with Crippen LogP contribution < -0.4 is 0 Å².